The Morgan fingerprint density at radius 1 is 1.14 bits per heavy atom. The molecule has 0 saturated heterocycles. The third kappa shape index (κ3) is 5.10. The fraction of sp³-hybridized carbons (Fsp3) is 0.692. The Balaban J connectivity index is 2.08. The van der Waals surface area contributed by atoms with Crippen LogP contribution in [0.25, 0.3) is 0 Å². The molecule has 162 valence electrons. The molecule has 0 aromatic heterocycles. The number of rotatable bonds is 8. The smallest absolute Gasteiger partial charge is 0.245 e. The monoisotopic (exact) mass is 414 g/mol. The van der Waals surface area contributed by atoms with Gasteiger partial charge in [0.05, 0.1) is 0 Å². The standard InChI is InChI=1S/C26H42O2Si/c1-8-10-11-12-20-17-23-25(24(18-20)28-29(6,7)15-9-2)21-16-19(3)13-14-22(21)26(4,5)27-23/h16-18,21-22H,8-15H2,1-7H3/t21-,22-/m0/s1. The molecule has 1 heterocycles. The van der Waals surface area contributed by atoms with Crippen LogP contribution in [-0.4, -0.2) is 13.9 Å². The van der Waals surface area contributed by atoms with E-state index in [1.807, 2.05) is 0 Å². The van der Waals surface area contributed by atoms with Crippen molar-refractivity contribution in [1.29, 1.82) is 0 Å². The van der Waals surface area contributed by atoms with Crippen LogP contribution in [0.4, 0.5) is 0 Å². The van der Waals surface area contributed by atoms with Gasteiger partial charge in [0, 0.05) is 17.4 Å². The zero-order chi connectivity index (χ0) is 21.2. The first-order valence-electron chi connectivity index (χ1n) is 11.9. The summed E-state index contributed by atoms with van der Waals surface area (Å²) in [4.78, 5) is 0. The van der Waals surface area contributed by atoms with Gasteiger partial charge >= 0.3 is 0 Å². The highest BCUT2D eigenvalue weighted by Gasteiger charge is 2.45. The van der Waals surface area contributed by atoms with Crippen LogP contribution in [0.15, 0.2) is 23.8 Å². The highest BCUT2D eigenvalue weighted by Crippen LogP contribution is 2.54. The van der Waals surface area contributed by atoms with Gasteiger partial charge in [-0.15, -0.1) is 0 Å². The van der Waals surface area contributed by atoms with Gasteiger partial charge in [0.15, 0.2) is 0 Å². The van der Waals surface area contributed by atoms with E-state index in [2.05, 4.69) is 65.9 Å². The average molecular weight is 415 g/mol. The normalized spacial score (nSPS) is 22.9. The SMILES string of the molecule is CCCCCc1cc2c(c(O[Si](C)(C)CCC)c1)[C@H]1C=C(C)CC[C@@H]1C(C)(C)O2. The number of allylic oxidation sites excluding steroid dienone is 2. The minimum atomic E-state index is -1.75. The van der Waals surface area contributed by atoms with Crippen LogP contribution in [0.2, 0.25) is 19.1 Å². The molecule has 0 unspecified atom stereocenters. The molecule has 0 saturated carbocycles. The summed E-state index contributed by atoms with van der Waals surface area (Å²) in [7, 11) is -1.75. The Morgan fingerprint density at radius 3 is 2.59 bits per heavy atom. The topological polar surface area (TPSA) is 18.5 Å². The van der Waals surface area contributed by atoms with Crippen molar-refractivity contribution in [3.8, 4) is 11.5 Å². The van der Waals surface area contributed by atoms with Crippen LogP contribution >= 0.6 is 0 Å². The van der Waals surface area contributed by atoms with Gasteiger partial charge < -0.3 is 9.16 Å². The van der Waals surface area contributed by atoms with Crippen LogP contribution < -0.4 is 9.16 Å². The minimum Gasteiger partial charge on any atom is -0.544 e. The van der Waals surface area contributed by atoms with Crippen LogP contribution in [-0.2, 0) is 6.42 Å². The van der Waals surface area contributed by atoms with Gasteiger partial charge in [-0.05, 0) is 83.3 Å². The van der Waals surface area contributed by atoms with E-state index in [4.69, 9.17) is 9.16 Å². The Kier molecular flexibility index (Phi) is 6.87. The molecule has 0 spiro atoms. The van der Waals surface area contributed by atoms with Crippen molar-refractivity contribution in [1.82, 2.24) is 0 Å². The van der Waals surface area contributed by atoms with Gasteiger partial charge in [-0.3, -0.25) is 0 Å². The van der Waals surface area contributed by atoms with E-state index in [9.17, 15) is 0 Å². The number of benzene rings is 1. The van der Waals surface area contributed by atoms with Crippen molar-refractivity contribution in [2.24, 2.45) is 5.92 Å². The molecule has 1 aliphatic heterocycles. The van der Waals surface area contributed by atoms with Gasteiger partial charge in [0.1, 0.15) is 17.1 Å². The van der Waals surface area contributed by atoms with E-state index < -0.39 is 8.32 Å². The van der Waals surface area contributed by atoms with E-state index in [0.717, 1.165) is 17.9 Å². The number of fused-ring (bicyclic) bond motifs is 3. The first kappa shape index (κ1) is 22.5. The van der Waals surface area contributed by atoms with Crippen LogP contribution in [0, 0.1) is 5.92 Å². The summed E-state index contributed by atoms with van der Waals surface area (Å²) >= 11 is 0. The zero-order valence-corrected chi connectivity index (χ0v) is 20.9. The number of hydrogen-bond donors (Lipinski definition) is 0. The second kappa shape index (κ2) is 8.87. The second-order valence-corrected chi connectivity index (χ2v) is 14.7. The van der Waals surface area contributed by atoms with Gasteiger partial charge in [-0.2, -0.15) is 0 Å². The lowest BCUT2D eigenvalue weighted by Crippen LogP contribution is -2.45. The maximum Gasteiger partial charge on any atom is 0.245 e. The number of hydrogen-bond acceptors (Lipinski definition) is 2. The van der Waals surface area contributed by atoms with Gasteiger partial charge in [-0.25, -0.2) is 0 Å². The quantitative estimate of drug-likeness (QED) is 0.243. The molecule has 1 aromatic rings. The van der Waals surface area contributed by atoms with Crippen LogP contribution in [0.5, 0.6) is 11.5 Å². The fourth-order valence-corrected chi connectivity index (χ4v) is 7.39. The largest absolute Gasteiger partial charge is 0.544 e. The predicted molar refractivity (Wildman–Crippen MR) is 127 cm³/mol. The van der Waals surface area contributed by atoms with E-state index >= 15 is 0 Å². The lowest BCUT2D eigenvalue weighted by molar-refractivity contribution is 0.0110. The summed E-state index contributed by atoms with van der Waals surface area (Å²) < 4.78 is 13.6. The lowest BCUT2D eigenvalue weighted by atomic mass is 9.68. The third-order valence-corrected chi connectivity index (χ3v) is 9.29. The first-order chi connectivity index (χ1) is 13.7. The Morgan fingerprint density at radius 2 is 1.90 bits per heavy atom. The van der Waals surface area contributed by atoms with Gasteiger partial charge in [0.25, 0.3) is 0 Å². The Labute approximate surface area is 180 Å². The lowest BCUT2D eigenvalue weighted by Gasteiger charge is -2.47. The molecule has 0 N–H and O–H groups in total. The van der Waals surface area contributed by atoms with Gasteiger partial charge in [0.2, 0.25) is 8.32 Å². The van der Waals surface area contributed by atoms with Gasteiger partial charge in [-0.1, -0.05) is 44.8 Å². The molecule has 0 fully saturated rings. The molecule has 1 aromatic carbocycles. The van der Waals surface area contributed by atoms with Crippen molar-refractivity contribution in [3.05, 3.63) is 34.9 Å². The molecule has 2 aliphatic rings. The summed E-state index contributed by atoms with van der Waals surface area (Å²) in [5.74, 6) is 3.12. The number of aryl methyl sites for hydroxylation is 1. The zero-order valence-electron chi connectivity index (χ0n) is 19.9. The summed E-state index contributed by atoms with van der Waals surface area (Å²) in [6.07, 6.45) is 11.0. The van der Waals surface area contributed by atoms with Crippen molar-refractivity contribution in [2.45, 2.75) is 110 Å². The maximum absolute atomic E-state index is 6.87. The fourth-order valence-electron chi connectivity index (χ4n) is 5.32. The van der Waals surface area contributed by atoms with Crippen molar-refractivity contribution < 1.29 is 9.16 Å². The minimum absolute atomic E-state index is 0.134. The number of unbranched alkanes of at least 4 members (excludes halogenated alkanes) is 2. The Hall–Kier alpha value is -1.22. The van der Waals surface area contributed by atoms with Crippen molar-refractivity contribution in [3.63, 3.8) is 0 Å². The molecule has 0 bridgehead atoms. The summed E-state index contributed by atoms with van der Waals surface area (Å²) in [6.45, 7) is 16.1. The molecule has 0 radical (unpaired) electrons. The summed E-state index contributed by atoms with van der Waals surface area (Å²) in [5, 5.41) is 0. The highest BCUT2D eigenvalue weighted by molar-refractivity contribution is 6.71. The van der Waals surface area contributed by atoms with E-state index in [-0.39, 0.29) is 5.60 Å². The summed E-state index contributed by atoms with van der Waals surface area (Å²) in [5.41, 5.74) is 4.08. The molecule has 3 heteroatoms. The summed E-state index contributed by atoms with van der Waals surface area (Å²) in [6, 6.07) is 5.87. The van der Waals surface area contributed by atoms with Crippen molar-refractivity contribution in [2.75, 3.05) is 0 Å². The average Bonchev–Trinajstić information content (AvgIpc) is 2.60. The van der Waals surface area contributed by atoms with E-state index in [1.165, 1.54) is 61.3 Å². The molecule has 29 heavy (non-hydrogen) atoms. The van der Waals surface area contributed by atoms with E-state index in [1.54, 1.807) is 0 Å². The first-order valence-corrected chi connectivity index (χ1v) is 15.0. The third-order valence-electron chi connectivity index (χ3n) is 6.82. The molecule has 1 aliphatic carbocycles. The molecule has 3 rings (SSSR count). The van der Waals surface area contributed by atoms with Crippen LogP contribution in [0.1, 0.15) is 90.2 Å². The second-order valence-electron chi connectivity index (χ2n) is 10.5. The predicted octanol–water partition coefficient (Wildman–Crippen LogP) is 8.02. The molecule has 2 nitrogen and oxygen atoms in total. The van der Waals surface area contributed by atoms with Crippen molar-refractivity contribution >= 4 is 8.32 Å². The molecular formula is C26H42O2Si. The van der Waals surface area contributed by atoms with Crippen LogP contribution in [0.3, 0.4) is 0 Å². The maximum atomic E-state index is 6.87. The molecular weight excluding hydrogens is 372 g/mol. The number of ether oxygens (including phenoxy) is 1. The highest BCUT2D eigenvalue weighted by atomic mass is 28.4. The van der Waals surface area contributed by atoms with E-state index in [0.29, 0.717) is 11.8 Å². The molecule has 2 atom stereocenters. The Bertz CT molecular complexity index is 747. The molecule has 0 amide bonds.